The fraction of sp³-hybridized carbons (Fsp3) is 0.375. The molecule has 0 radical (unpaired) electrons. The van der Waals surface area contributed by atoms with Crippen LogP contribution >= 0.6 is 0 Å². The van der Waals surface area contributed by atoms with E-state index in [-0.39, 0.29) is 5.78 Å². The van der Waals surface area contributed by atoms with Crippen molar-refractivity contribution >= 4 is 5.78 Å². The van der Waals surface area contributed by atoms with Crippen molar-refractivity contribution in [3.8, 4) is 11.4 Å². The number of hydrogen-bond donors (Lipinski definition) is 0. The lowest BCUT2D eigenvalue weighted by Gasteiger charge is -2.17. The molecule has 0 N–H and O–H groups in total. The maximum atomic E-state index is 12.0. The number of carbonyl (C=O) groups excluding carboxylic acids is 1. The Kier molecular flexibility index (Phi) is 3.30. The topological polar surface area (TPSA) is 44.1 Å². The molecule has 0 aliphatic heterocycles. The summed E-state index contributed by atoms with van der Waals surface area (Å²) < 4.78 is 7.38. The average molecular weight is 270 g/mol. The molecule has 1 aromatic carbocycles. The summed E-state index contributed by atoms with van der Waals surface area (Å²) >= 11 is 0. The highest BCUT2D eigenvalue weighted by Gasteiger charge is 2.20. The Labute approximate surface area is 118 Å². The lowest BCUT2D eigenvalue weighted by molar-refractivity contribution is 0.101. The number of benzene rings is 1. The lowest BCUT2D eigenvalue weighted by atomic mass is 10.0. The normalized spacial score (nSPS) is 13.9. The van der Waals surface area contributed by atoms with Crippen LogP contribution in [0.5, 0.6) is 5.75 Å². The molecule has 1 aliphatic carbocycles. The number of aromatic nitrogens is 2. The molecule has 1 aliphatic rings. The van der Waals surface area contributed by atoms with E-state index in [0.717, 1.165) is 24.2 Å². The van der Waals surface area contributed by atoms with E-state index < -0.39 is 0 Å². The predicted molar refractivity (Wildman–Crippen MR) is 76.8 cm³/mol. The zero-order chi connectivity index (χ0) is 14.1. The number of Topliss-reactive ketones (excluding diaryl/α,β-unsaturated/α-hetero) is 1. The molecule has 0 saturated heterocycles. The first-order valence-electron chi connectivity index (χ1n) is 6.95. The van der Waals surface area contributed by atoms with Crippen molar-refractivity contribution in [1.82, 2.24) is 9.55 Å². The Morgan fingerprint density at radius 2 is 2.10 bits per heavy atom. The molecule has 0 amide bonds. The van der Waals surface area contributed by atoms with Gasteiger partial charge in [-0.2, -0.15) is 0 Å². The minimum atomic E-state index is 0.00992. The lowest BCUT2D eigenvalue weighted by Crippen LogP contribution is -2.10. The van der Waals surface area contributed by atoms with E-state index in [4.69, 9.17) is 4.74 Å². The standard InChI is InChI=1S/C16H18N2O2/c1-11(19)16-14(8-5-9-15(16)20-2)18-10-17-12-6-3-4-7-13(12)18/h5,8-10H,3-4,6-7H2,1-2H3. The minimum absolute atomic E-state index is 0.00992. The van der Waals surface area contributed by atoms with E-state index in [2.05, 4.69) is 4.98 Å². The largest absolute Gasteiger partial charge is 0.496 e. The molecule has 0 spiro atoms. The van der Waals surface area contributed by atoms with Crippen LogP contribution in [-0.2, 0) is 12.8 Å². The van der Waals surface area contributed by atoms with E-state index in [1.54, 1.807) is 14.0 Å². The second kappa shape index (κ2) is 5.12. The molecule has 1 heterocycles. The summed E-state index contributed by atoms with van der Waals surface area (Å²) in [6.07, 6.45) is 6.25. The second-order valence-corrected chi connectivity index (χ2v) is 5.13. The predicted octanol–water partition coefficient (Wildman–Crippen LogP) is 2.96. The third-order valence-corrected chi connectivity index (χ3v) is 3.87. The molecule has 1 aromatic heterocycles. The van der Waals surface area contributed by atoms with Gasteiger partial charge in [0, 0.05) is 5.69 Å². The molecule has 0 saturated carbocycles. The number of fused-ring (bicyclic) bond motifs is 1. The summed E-state index contributed by atoms with van der Waals surface area (Å²) in [5, 5.41) is 0. The third kappa shape index (κ3) is 2.01. The van der Waals surface area contributed by atoms with Crippen LogP contribution in [0.15, 0.2) is 24.5 Å². The van der Waals surface area contributed by atoms with Gasteiger partial charge in [-0.25, -0.2) is 4.98 Å². The Bertz CT molecular complexity index is 658. The fourth-order valence-electron chi connectivity index (χ4n) is 2.92. The first-order chi connectivity index (χ1) is 9.72. The zero-order valence-electron chi connectivity index (χ0n) is 11.8. The van der Waals surface area contributed by atoms with Crippen molar-refractivity contribution in [2.24, 2.45) is 0 Å². The van der Waals surface area contributed by atoms with Gasteiger partial charge in [0.05, 0.1) is 30.4 Å². The summed E-state index contributed by atoms with van der Waals surface area (Å²) in [6.45, 7) is 1.57. The number of imidazole rings is 1. The number of ether oxygens (including phenoxy) is 1. The molecule has 20 heavy (non-hydrogen) atoms. The Morgan fingerprint density at radius 1 is 1.30 bits per heavy atom. The SMILES string of the molecule is COc1cccc(-n2cnc3c2CCCC3)c1C(C)=O. The molecule has 3 rings (SSSR count). The van der Waals surface area contributed by atoms with Gasteiger partial charge in [0.2, 0.25) is 0 Å². The number of hydrogen-bond acceptors (Lipinski definition) is 3. The highest BCUT2D eigenvalue weighted by molar-refractivity contribution is 6.00. The summed E-state index contributed by atoms with van der Waals surface area (Å²) in [5.74, 6) is 0.629. The smallest absolute Gasteiger partial charge is 0.165 e. The Hall–Kier alpha value is -2.10. The first kappa shape index (κ1) is 12.9. The van der Waals surface area contributed by atoms with Gasteiger partial charge in [-0.1, -0.05) is 6.07 Å². The summed E-state index contributed by atoms with van der Waals surface area (Å²) in [4.78, 5) is 16.5. The van der Waals surface area contributed by atoms with Crippen LogP contribution in [0.1, 0.15) is 41.5 Å². The highest BCUT2D eigenvalue weighted by Crippen LogP contribution is 2.29. The van der Waals surface area contributed by atoms with Crippen molar-refractivity contribution in [3.05, 3.63) is 41.5 Å². The monoisotopic (exact) mass is 270 g/mol. The van der Waals surface area contributed by atoms with Gasteiger partial charge in [-0.15, -0.1) is 0 Å². The average Bonchev–Trinajstić information content (AvgIpc) is 2.90. The van der Waals surface area contributed by atoms with Crippen LogP contribution in [0.4, 0.5) is 0 Å². The molecule has 0 fully saturated rings. The minimum Gasteiger partial charge on any atom is -0.496 e. The number of methoxy groups -OCH3 is 1. The third-order valence-electron chi connectivity index (χ3n) is 3.87. The van der Waals surface area contributed by atoms with Gasteiger partial charge in [-0.3, -0.25) is 4.79 Å². The molecular weight excluding hydrogens is 252 g/mol. The van der Waals surface area contributed by atoms with E-state index in [0.29, 0.717) is 11.3 Å². The highest BCUT2D eigenvalue weighted by atomic mass is 16.5. The Morgan fingerprint density at radius 3 is 2.85 bits per heavy atom. The molecule has 4 nitrogen and oxygen atoms in total. The van der Waals surface area contributed by atoms with Crippen LogP contribution in [0, 0.1) is 0 Å². The maximum absolute atomic E-state index is 12.0. The van der Waals surface area contributed by atoms with Crippen molar-refractivity contribution in [2.75, 3.05) is 7.11 Å². The van der Waals surface area contributed by atoms with E-state index >= 15 is 0 Å². The van der Waals surface area contributed by atoms with Gasteiger partial charge in [-0.05, 0) is 44.7 Å². The van der Waals surface area contributed by atoms with Crippen LogP contribution < -0.4 is 4.74 Å². The first-order valence-corrected chi connectivity index (χ1v) is 6.95. The molecule has 2 aromatic rings. The van der Waals surface area contributed by atoms with Gasteiger partial charge in [0.1, 0.15) is 5.75 Å². The van der Waals surface area contributed by atoms with Gasteiger partial charge >= 0.3 is 0 Å². The molecule has 4 heteroatoms. The summed E-state index contributed by atoms with van der Waals surface area (Å²) in [5.41, 5.74) is 3.88. The number of aryl methyl sites for hydroxylation is 1. The molecule has 0 unspecified atom stereocenters. The van der Waals surface area contributed by atoms with Crippen LogP contribution in [0.3, 0.4) is 0 Å². The quantitative estimate of drug-likeness (QED) is 0.805. The fourth-order valence-corrected chi connectivity index (χ4v) is 2.92. The van der Waals surface area contributed by atoms with E-state index in [1.807, 2.05) is 29.1 Å². The second-order valence-electron chi connectivity index (χ2n) is 5.13. The van der Waals surface area contributed by atoms with Gasteiger partial charge in [0.15, 0.2) is 5.78 Å². The number of rotatable bonds is 3. The van der Waals surface area contributed by atoms with Crippen LogP contribution in [-0.4, -0.2) is 22.4 Å². The zero-order valence-corrected chi connectivity index (χ0v) is 11.8. The van der Waals surface area contributed by atoms with Gasteiger partial charge < -0.3 is 9.30 Å². The summed E-state index contributed by atoms with van der Waals surface area (Å²) in [7, 11) is 1.59. The molecule has 104 valence electrons. The summed E-state index contributed by atoms with van der Waals surface area (Å²) in [6, 6.07) is 5.69. The van der Waals surface area contributed by atoms with Crippen molar-refractivity contribution in [1.29, 1.82) is 0 Å². The van der Waals surface area contributed by atoms with E-state index in [9.17, 15) is 4.79 Å². The maximum Gasteiger partial charge on any atom is 0.165 e. The molecular formula is C16H18N2O2. The van der Waals surface area contributed by atoms with Crippen LogP contribution in [0.25, 0.3) is 5.69 Å². The van der Waals surface area contributed by atoms with Crippen molar-refractivity contribution in [3.63, 3.8) is 0 Å². The molecule has 0 bridgehead atoms. The van der Waals surface area contributed by atoms with Crippen LogP contribution in [0.2, 0.25) is 0 Å². The van der Waals surface area contributed by atoms with Crippen molar-refractivity contribution in [2.45, 2.75) is 32.6 Å². The van der Waals surface area contributed by atoms with Crippen molar-refractivity contribution < 1.29 is 9.53 Å². The molecule has 0 atom stereocenters. The van der Waals surface area contributed by atoms with Gasteiger partial charge in [0.25, 0.3) is 0 Å². The van der Waals surface area contributed by atoms with E-state index in [1.165, 1.54) is 18.5 Å². The number of carbonyl (C=O) groups is 1. The number of ketones is 1. The Balaban J connectivity index is 2.20. The number of nitrogens with zero attached hydrogens (tertiary/aromatic N) is 2.